The normalized spacial score (nSPS) is 18.6. The van der Waals surface area contributed by atoms with Crippen molar-refractivity contribution in [1.82, 2.24) is 5.43 Å². The number of halogens is 4. The summed E-state index contributed by atoms with van der Waals surface area (Å²) < 4.78 is 46.6. The van der Waals surface area contributed by atoms with Gasteiger partial charge in [0.1, 0.15) is 0 Å². The van der Waals surface area contributed by atoms with E-state index in [1.54, 1.807) is 0 Å². The Bertz CT molecular complexity index is 108. The minimum atomic E-state index is -4.53. The van der Waals surface area contributed by atoms with Crippen molar-refractivity contribution in [3.8, 4) is 0 Å². The Balaban J connectivity index is 3.89. The van der Waals surface area contributed by atoms with Crippen LogP contribution in [0, 0.1) is 0 Å². The molecule has 0 aromatic heterocycles. The lowest BCUT2D eigenvalue weighted by molar-refractivity contribution is -0.163. The molecule has 0 amide bonds. The van der Waals surface area contributed by atoms with E-state index in [1.165, 1.54) is 5.43 Å². The summed E-state index contributed by atoms with van der Waals surface area (Å²) in [4.78, 5) is 0. The number of hydrogen-bond donors (Lipinski definition) is 2. The van der Waals surface area contributed by atoms with Crippen LogP contribution in [0.25, 0.3) is 0 Å². The molecule has 0 aromatic rings. The predicted octanol–water partition coefficient (Wildman–Crippen LogP) is 1.09. The molecule has 6 heteroatoms. The van der Waals surface area contributed by atoms with E-state index in [0.717, 1.165) is 6.92 Å². The van der Waals surface area contributed by atoms with Crippen molar-refractivity contribution in [3.63, 3.8) is 0 Å². The second-order valence-corrected chi connectivity index (χ2v) is 2.13. The average Bonchev–Trinajstić information content (AvgIpc) is 1.60. The van der Waals surface area contributed by atoms with Crippen molar-refractivity contribution < 1.29 is 17.6 Å². The maximum atomic E-state index is 12.4. The van der Waals surface area contributed by atoms with Gasteiger partial charge in [0.05, 0.1) is 6.42 Å². The van der Waals surface area contributed by atoms with Crippen LogP contribution in [0.2, 0.25) is 0 Å². The Morgan fingerprint density at radius 3 is 1.80 bits per heavy atom. The molecule has 0 aromatic carbocycles. The first kappa shape index (κ1) is 9.64. The summed E-state index contributed by atoms with van der Waals surface area (Å²) in [6, 6.07) is 0. The number of rotatable bonds is 2. The molecule has 62 valence electrons. The van der Waals surface area contributed by atoms with E-state index >= 15 is 0 Å². The molecule has 0 fully saturated rings. The fourth-order valence-electron chi connectivity index (χ4n) is 0.427. The van der Waals surface area contributed by atoms with E-state index in [0.29, 0.717) is 0 Å². The molecule has 0 radical (unpaired) electrons. The van der Waals surface area contributed by atoms with Gasteiger partial charge in [-0.05, 0) is 6.92 Å². The highest BCUT2D eigenvalue weighted by Gasteiger charge is 2.38. The van der Waals surface area contributed by atoms with E-state index in [9.17, 15) is 17.6 Å². The Morgan fingerprint density at radius 1 is 1.30 bits per heavy atom. The number of nitrogens with one attached hydrogen (secondary N) is 1. The molecule has 2 nitrogen and oxygen atoms in total. The Labute approximate surface area is 55.4 Å². The summed E-state index contributed by atoms with van der Waals surface area (Å²) in [5.41, 5.74) is 1.41. The maximum Gasteiger partial charge on any atom is 0.393 e. The lowest BCUT2D eigenvalue weighted by Crippen LogP contribution is -2.45. The van der Waals surface area contributed by atoms with Gasteiger partial charge >= 0.3 is 6.18 Å². The van der Waals surface area contributed by atoms with Crippen molar-refractivity contribution in [2.45, 2.75) is 25.3 Å². The number of hydrogen-bond acceptors (Lipinski definition) is 2. The predicted molar refractivity (Wildman–Crippen MR) is 27.5 cm³/mol. The van der Waals surface area contributed by atoms with Gasteiger partial charge < -0.3 is 0 Å². The molecule has 0 rings (SSSR count). The third kappa shape index (κ3) is 4.51. The molecule has 0 aliphatic rings. The lowest BCUT2D eigenvalue weighted by Gasteiger charge is -2.19. The molecule has 0 saturated heterocycles. The summed E-state index contributed by atoms with van der Waals surface area (Å²) in [6.45, 7) is 0.723. The smallest absolute Gasteiger partial charge is 0.269 e. The SMILES string of the molecule is CC(F)(CC(F)(F)F)NN. The molecule has 1 unspecified atom stereocenters. The average molecular weight is 160 g/mol. The number of hydrazine groups is 1. The molecule has 0 heterocycles. The zero-order valence-corrected chi connectivity index (χ0v) is 5.30. The first-order valence-electron chi connectivity index (χ1n) is 2.50. The molecule has 3 N–H and O–H groups in total. The minimum Gasteiger partial charge on any atom is -0.269 e. The third-order valence-electron chi connectivity index (χ3n) is 0.833. The second kappa shape index (κ2) is 2.71. The molecule has 0 aliphatic carbocycles. The van der Waals surface area contributed by atoms with Crippen LogP contribution < -0.4 is 11.3 Å². The van der Waals surface area contributed by atoms with Gasteiger partial charge in [0, 0.05) is 0 Å². The summed E-state index contributed by atoms with van der Waals surface area (Å²) >= 11 is 0. The Kier molecular flexibility index (Phi) is 2.61. The van der Waals surface area contributed by atoms with E-state index in [4.69, 9.17) is 0 Å². The van der Waals surface area contributed by atoms with Crippen LogP contribution in [0.15, 0.2) is 0 Å². The fraction of sp³-hybridized carbons (Fsp3) is 1.00. The van der Waals surface area contributed by atoms with Crippen LogP contribution in [-0.4, -0.2) is 12.0 Å². The molecule has 0 aliphatic heterocycles. The number of nitrogens with two attached hydrogens (primary N) is 1. The first-order chi connectivity index (χ1) is 4.27. The maximum absolute atomic E-state index is 12.4. The molecule has 1 atom stereocenters. The zero-order valence-electron chi connectivity index (χ0n) is 5.30. The Hall–Kier alpha value is -0.360. The molecule has 0 saturated carbocycles. The molecular weight excluding hydrogens is 152 g/mol. The third-order valence-corrected chi connectivity index (χ3v) is 0.833. The molecule has 0 spiro atoms. The lowest BCUT2D eigenvalue weighted by atomic mass is 10.2. The van der Waals surface area contributed by atoms with Gasteiger partial charge in [0.2, 0.25) is 0 Å². The summed E-state index contributed by atoms with van der Waals surface area (Å²) in [5, 5.41) is 0. The zero-order chi connectivity index (χ0) is 8.41. The van der Waals surface area contributed by atoms with Crippen LogP contribution in [0.1, 0.15) is 13.3 Å². The van der Waals surface area contributed by atoms with E-state index < -0.39 is 18.4 Å². The summed E-state index contributed by atoms with van der Waals surface area (Å²) in [6.07, 6.45) is -6.12. The highest BCUT2D eigenvalue weighted by Crippen LogP contribution is 2.27. The largest absolute Gasteiger partial charge is 0.393 e. The van der Waals surface area contributed by atoms with Crippen molar-refractivity contribution in [3.05, 3.63) is 0 Å². The first-order valence-corrected chi connectivity index (χ1v) is 2.50. The van der Waals surface area contributed by atoms with Gasteiger partial charge in [0.25, 0.3) is 0 Å². The minimum absolute atomic E-state index is 0.723. The van der Waals surface area contributed by atoms with Gasteiger partial charge in [-0.1, -0.05) is 0 Å². The van der Waals surface area contributed by atoms with Crippen molar-refractivity contribution >= 4 is 0 Å². The van der Waals surface area contributed by atoms with Gasteiger partial charge in [-0.3, -0.25) is 5.84 Å². The summed E-state index contributed by atoms with van der Waals surface area (Å²) in [5.74, 6) is 1.92. The highest BCUT2D eigenvalue weighted by molar-refractivity contribution is 4.70. The van der Waals surface area contributed by atoms with E-state index in [1.807, 2.05) is 0 Å². The topological polar surface area (TPSA) is 38.0 Å². The number of alkyl halides is 4. The van der Waals surface area contributed by atoms with Crippen molar-refractivity contribution in [1.29, 1.82) is 0 Å². The Morgan fingerprint density at radius 2 is 1.70 bits per heavy atom. The standard InChI is InChI=1S/C4H8F4N2/c1-3(5,10-9)2-4(6,7)8/h10H,2,9H2,1H3. The van der Waals surface area contributed by atoms with Crippen LogP contribution in [0.3, 0.4) is 0 Å². The molecular formula is C4H8F4N2. The quantitative estimate of drug-likeness (QED) is 0.274. The van der Waals surface area contributed by atoms with E-state index in [2.05, 4.69) is 5.84 Å². The fourth-order valence-corrected chi connectivity index (χ4v) is 0.427. The molecule has 0 bridgehead atoms. The van der Waals surface area contributed by atoms with Crippen LogP contribution in [0.5, 0.6) is 0 Å². The van der Waals surface area contributed by atoms with Crippen LogP contribution in [-0.2, 0) is 0 Å². The summed E-state index contributed by atoms with van der Waals surface area (Å²) in [7, 11) is 0. The van der Waals surface area contributed by atoms with Gasteiger partial charge in [-0.2, -0.15) is 13.2 Å². The monoisotopic (exact) mass is 160 g/mol. The van der Waals surface area contributed by atoms with Gasteiger partial charge in [-0.25, -0.2) is 9.82 Å². The van der Waals surface area contributed by atoms with Gasteiger partial charge in [-0.15, -0.1) is 0 Å². The second-order valence-electron chi connectivity index (χ2n) is 2.13. The van der Waals surface area contributed by atoms with Crippen molar-refractivity contribution in [2.24, 2.45) is 5.84 Å². The van der Waals surface area contributed by atoms with Gasteiger partial charge in [0.15, 0.2) is 5.79 Å². The van der Waals surface area contributed by atoms with Crippen LogP contribution >= 0.6 is 0 Å². The highest BCUT2D eigenvalue weighted by atomic mass is 19.4. The van der Waals surface area contributed by atoms with Crippen molar-refractivity contribution in [2.75, 3.05) is 0 Å². The van der Waals surface area contributed by atoms with E-state index in [-0.39, 0.29) is 0 Å². The molecule has 10 heavy (non-hydrogen) atoms. The van der Waals surface area contributed by atoms with Crippen LogP contribution in [0.4, 0.5) is 17.6 Å².